The summed E-state index contributed by atoms with van der Waals surface area (Å²) in [6.45, 7) is 10.7. The Morgan fingerprint density at radius 2 is 1.79 bits per heavy atom. The summed E-state index contributed by atoms with van der Waals surface area (Å²) >= 11 is 0. The van der Waals surface area contributed by atoms with Crippen molar-refractivity contribution in [2.24, 2.45) is 0 Å². The summed E-state index contributed by atoms with van der Waals surface area (Å²) in [6, 6.07) is 13.2. The molecular formula is C21H26N2O. The van der Waals surface area contributed by atoms with Gasteiger partial charge < -0.3 is 10.2 Å². The van der Waals surface area contributed by atoms with E-state index in [0.717, 1.165) is 42.7 Å². The molecule has 0 unspecified atom stereocenters. The molecule has 0 bridgehead atoms. The first-order chi connectivity index (χ1) is 11.4. The zero-order chi connectivity index (χ0) is 17.3. The maximum absolute atomic E-state index is 10.8. The number of benzene rings is 2. The maximum Gasteiger partial charge on any atom is 0.211 e. The van der Waals surface area contributed by atoms with Gasteiger partial charge in [-0.15, -0.1) is 0 Å². The van der Waals surface area contributed by atoms with Crippen molar-refractivity contribution in [1.29, 1.82) is 0 Å². The first kappa shape index (κ1) is 16.6. The average molecular weight is 322 g/mol. The van der Waals surface area contributed by atoms with Crippen LogP contribution in [0.4, 0.5) is 11.4 Å². The van der Waals surface area contributed by atoms with Gasteiger partial charge in [0.25, 0.3) is 0 Å². The predicted molar refractivity (Wildman–Crippen MR) is 101 cm³/mol. The molecule has 3 heteroatoms. The summed E-state index contributed by atoms with van der Waals surface area (Å²) in [6.07, 6.45) is 1.87. The fraction of sp³-hybridized carbons (Fsp3) is 0.381. The lowest BCUT2D eigenvalue weighted by Crippen LogP contribution is -2.25. The number of carbonyl (C=O) groups is 1. The molecule has 0 saturated carbocycles. The molecule has 126 valence electrons. The molecule has 1 heterocycles. The van der Waals surface area contributed by atoms with E-state index in [2.05, 4.69) is 74.3 Å². The summed E-state index contributed by atoms with van der Waals surface area (Å²) in [4.78, 5) is 13.3. The van der Waals surface area contributed by atoms with Gasteiger partial charge in [-0.2, -0.15) is 0 Å². The van der Waals surface area contributed by atoms with Crippen LogP contribution < -0.4 is 10.2 Å². The Bertz CT molecular complexity index is 741. The molecule has 0 saturated heterocycles. The highest BCUT2D eigenvalue weighted by molar-refractivity contribution is 5.77. The lowest BCUT2D eigenvalue weighted by Gasteiger charge is -2.26. The molecule has 1 amide bonds. The summed E-state index contributed by atoms with van der Waals surface area (Å²) in [5.41, 5.74) is 7.42. The van der Waals surface area contributed by atoms with Gasteiger partial charge in [-0.05, 0) is 60.1 Å². The van der Waals surface area contributed by atoms with Crippen molar-refractivity contribution >= 4 is 17.8 Å². The number of hydrogen-bond donors (Lipinski definition) is 1. The highest BCUT2D eigenvalue weighted by Crippen LogP contribution is 2.36. The standard InChI is InChI=1S/C21H26N2O/c1-15-11-18(12-16(2)20(15)22-14-24)23-10-9-21(3,4)19-8-6-5-7-17(19)13-23/h5-8,11-12,14H,9-10,13H2,1-4H3,(H,22,24). The van der Waals surface area contributed by atoms with Crippen LogP contribution in [0.3, 0.4) is 0 Å². The van der Waals surface area contributed by atoms with Crippen LogP contribution in [0.25, 0.3) is 0 Å². The Balaban J connectivity index is 1.98. The highest BCUT2D eigenvalue weighted by atomic mass is 16.1. The monoisotopic (exact) mass is 322 g/mol. The highest BCUT2D eigenvalue weighted by Gasteiger charge is 2.28. The lowest BCUT2D eigenvalue weighted by molar-refractivity contribution is -0.105. The number of amides is 1. The normalized spacial score (nSPS) is 16.2. The van der Waals surface area contributed by atoms with E-state index in [4.69, 9.17) is 0 Å². The van der Waals surface area contributed by atoms with Crippen molar-refractivity contribution in [3.8, 4) is 0 Å². The molecule has 24 heavy (non-hydrogen) atoms. The molecule has 3 nitrogen and oxygen atoms in total. The van der Waals surface area contributed by atoms with Crippen molar-refractivity contribution in [3.63, 3.8) is 0 Å². The van der Waals surface area contributed by atoms with E-state index < -0.39 is 0 Å². The summed E-state index contributed by atoms with van der Waals surface area (Å²) in [5.74, 6) is 0. The molecule has 0 fully saturated rings. The van der Waals surface area contributed by atoms with Gasteiger partial charge in [0.15, 0.2) is 0 Å². The van der Waals surface area contributed by atoms with Crippen LogP contribution in [-0.2, 0) is 16.8 Å². The van der Waals surface area contributed by atoms with Crippen LogP contribution in [0, 0.1) is 13.8 Å². The van der Waals surface area contributed by atoms with Crippen LogP contribution >= 0.6 is 0 Å². The third-order valence-electron chi connectivity index (χ3n) is 5.20. The fourth-order valence-corrected chi connectivity index (χ4v) is 3.78. The van der Waals surface area contributed by atoms with Crippen LogP contribution in [0.15, 0.2) is 36.4 Å². The second-order valence-electron chi connectivity index (χ2n) is 7.43. The van der Waals surface area contributed by atoms with Crippen molar-refractivity contribution in [1.82, 2.24) is 0 Å². The molecular weight excluding hydrogens is 296 g/mol. The SMILES string of the molecule is Cc1cc(N2CCC(C)(C)c3ccccc3C2)cc(C)c1NC=O. The van der Waals surface area contributed by atoms with Crippen LogP contribution in [0.2, 0.25) is 0 Å². The number of fused-ring (bicyclic) bond motifs is 1. The number of anilines is 2. The smallest absolute Gasteiger partial charge is 0.211 e. The quantitative estimate of drug-likeness (QED) is 0.840. The van der Waals surface area contributed by atoms with E-state index in [1.807, 2.05) is 0 Å². The van der Waals surface area contributed by atoms with Gasteiger partial charge in [0, 0.05) is 24.5 Å². The zero-order valence-electron chi connectivity index (χ0n) is 15.0. The largest absolute Gasteiger partial charge is 0.367 e. The molecule has 0 aliphatic carbocycles. The van der Waals surface area contributed by atoms with E-state index in [1.54, 1.807) is 0 Å². The van der Waals surface area contributed by atoms with Crippen LogP contribution in [0.5, 0.6) is 0 Å². The molecule has 0 aromatic heterocycles. The molecule has 0 atom stereocenters. The molecule has 1 N–H and O–H groups in total. The van der Waals surface area contributed by atoms with E-state index in [1.165, 1.54) is 16.8 Å². The van der Waals surface area contributed by atoms with E-state index in [9.17, 15) is 4.79 Å². The van der Waals surface area contributed by atoms with Crippen molar-refractivity contribution in [2.75, 3.05) is 16.8 Å². The molecule has 0 spiro atoms. The minimum atomic E-state index is 0.189. The fourth-order valence-electron chi connectivity index (χ4n) is 3.78. The summed E-state index contributed by atoms with van der Waals surface area (Å²) < 4.78 is 0. The Morgan fingerprint density at radius 3 is 2.46 bits per heavy atom. The van der Waals surface area contributed by atoms with Gasteiger partial charge in [0.2, 0.25) is 6.41 Å². The van der Waals surface area contributed by atoms with Gasteiger partial charge in [0.05, 0.1) is 0 Å². The number of rotatable bonds is 3. The van der Waals surface area contributed by atoms with Crippen LogP contribution in [-0.4, -0.2) is 13.0 Å². The third-order valence-corrected chi connectivity index (χ3v) is 5.20. The summed E-state index contributed by atoms with van der Waals surface area (Å²) in [5, 5.41) is 2.82. The molecule has 3 rings (SSSR count). The maximum atomic E-state index is 10.8. The van der Waals surface area contributed by atoms with E-state index in [-0.39, 0.29) is 5.41 Å². The first-order valence-electron chi connectivity index (χ1n) is 8.57. The molecule has 1 aliphatic heterocycles. The second kappa shape index (κ2) is 6.31. The van der Waals surface area contributed by atoms with E-state index in [0.29, 0.717) is 0 Å². The van der Waals surface area contributed by atoms with Gasteiger partial charge in [-0.3, -0.25) is 4.79 Å². The third kappa shape index (κ3) is 3.03. The molecule has 2 aromatic rings. The first-order valence-corrected chi connectivity index (χ1v) is 8.57. The number of nitrogens with zero attached hydrogens (tertiary/aromatic N) is 1. The molecule has 2 aromatic carbocycles. The Hall–Kier alpha value is -2.29. The average Bonchev–Trinajstić information content (AvgIpc) is 2.67. The van der Waals surface area contributed by atoms with Gasteiger partial charge in [0.1, 0.15) is 0 Å². The topological polar surface area (TPSA) is 32.3 Å². The van der Waals surface area contributed by atoms with Crippen molar-refractivity contribution in [3.05, 3.63) is 58.7 Å². The number of carbonyl (C=O) groups excluding carboxylic acids is 1. The Labute approximate surface area is 144 Å². The van der Waals surface area contributed by atoms with Crippen LogP contribution in [0.1, 0.15) is 42.5 Å². The van der Waals surface area contributed by atoms with Gasteiger partial charge in [-0.25, -0.2) is 0 Å². The molecule has 1 aliphatic rings. The molecule has 0 radical (unpaired) electrons. The predicted octanol–water partition coefficient (Wildman–Crippen LogP) is 4.56. The number of aryl methyl sites for hydroxylation is 2. The number of nitrogens with one attached hydrogen (secondary N) is 1. The zero-order valence-corrected chi connectivity index (χ0v) is 15.0. The minimum Gasteiger partial charge on any atom is -0.367 e. The van der Waals surface area contributed by atoms with Gasteiger partial charge >= 0.3 is 0 Å². The number of hydrogen-bond acceptors (Lipinski definition) is 2. The van der Waals surface area contributed by atoms with E-state index >= 15 is 0 Å². The van der Waals surface area contributed by atoms with Crippen molar-refractivity contribution < 1.29 is 4.79 Å². The Kier molecular flexibility index (Phi) is 4.35. The lowest BCUT2D eigenvalue weighted by atomic mass is 9.80. The summed E-state index contributed by atoms with van der Waals surface area (Å²) in [7, 11) is 0. The Morgan fingerprint density at radius 1 is 1.12 bits per heavy atom. The minimum absolute atomic E-state index is 0.189. The van der Waals surface area contributed by atoms with Crippen molar-refractivity contribution in [2.45, 2.75) is 46.1 Å². The van der Waals surface area contributed by atoms with Gasteiger partial charge in [-0.1, -0.05) is 38.1 Å². The second-order valence-corrected chi connectivity index (χ2v) is 7.43.